The summed E-state index contributed by atoms with van der Waals surface area (Å²) in [7, 11) is 0. The lowest BCUT2D eigenvalue weighted by molar-refractivity contribution is 0.0714. The Labute approximate surface area is 203 Å². The molecule has 0 bridgehead atoms. The number of carbonyl (C=O) groups excluding carboxylic acids is 1. The Balaban J connectivity index is 1.45. The van der Waals surface area contributed by atoms with Gasteiger partial charge in [0.1, 0.15) is 5.82 Å². The molecule has 0 atom stereocenters. The van der Waals surface area contributed by atoms with Gasteiger partial charge in [0, 0.05) is 54.4 Å². The van der Waals surface area contributed by atoms with Gasteiger partial charge >= 0.3 is 0 Å². The van der Waals surface area contributed by atoms with Crippen LogP contribution >= 0.6 is 11.6 Å². The van der Waals surface area contributed by atoms with Crippen molar-refractivity contribution < 1.29 is 9.21 Å². The number of anilines is 1. The van der Waals surface area contributed by atoms with Crippen LogP contribution in [0.3, 0.4) is 0 Å². The molecule has 1 aliphatic rings. The molecule has 6 nitrogen and oxygen atoms in total. The maximum Gasteiger partial charge on any atom is 0.289 e. The molecule has 4 aromatic rings. The van der Waals surface area contributed by atoms with Crippen LogP contribution in [0, 0.1) is 6.92 Å². The second-order valence-electron chi connectivity index (χ2n) is 8.36. The molecule has 5 rings (SSSR count). The van der Waals surface area contributed by atoms with Gasteiger partial charge < -0.3 is 14.2 Å². The Kier molecular flexibility index (Phi) is 6.32. The standard InChI is InChI=1S/C27H25ClN4O2/c1-19-23(18-20-9-11-22(28)12-10-20)26(30-25(29-19)21-6-3-2-4-7-21)31-13-15-32(16-14-31)27(33)24-8-5-17-34-24/h2-12,17H,13-16,18H2,1H3. The third kappa shape index (κ3) is 4.68. The molecule has 0 aliphatic carbocycles. The number of rotatable bonds is 5. The number of carbonyl (C=O) groups is 1. The smallest absolute Gasteiger partial charge is 0.289 e. The van der Waals surface area contributed by atoms with E-state index in [1.807, 2.05) is 66.4 Å². The molecule has 1 fully saturated rings. The van der Waals surface area contributed by atoms with Gasteiger partial charge in [-0.05, 0) is 36.8 Å². The molecular formula is C27H25ClN4O2. The Morgan fingerprint density at radius 2 is 1.68 bits per heavy atom. The lowest BCUT2D eigenvalue weighted by Gasteiger charge is -2.36. The van der Waals surface area contributed by atoms with E-state index in [0.29, 0.717) is 49.2 Å². The Hall–Kier alpha value is -3.64. The second-order valence-corrected chi connectivity index (χ2v) is 8.80. The molecule has 2 aromatic carbocycles. The minimum absolute atomic E-state index is 0.0742. The van der Waals surface area contributed by atoms with E-state index in [0.717, 1.165) is 28.2 Å². The number of hydrogen-bond acceptors (Lipinski definition) is 5. The summed E-state index contributed by atoms with van der Waals surface area (Å²) in [4.78, 5) is 26.7. The number of nitrogens with zero attached hydrogens (tertiary/aromatic N) is 4. The molecule has 34 heavy (non-hydrogen) atoms. The number of aryl methyl sites for hydroxylation is 1. The molecule has 0 spiro atoms. The minimum Gasteiger partial charge on any atom is -0.459 e. The van der Waals surface area contributed by atoms with Crippen LogP contribution in [0.15, 0.2) is 77.4 Å². The van der Waals surface area contributed by atoms with Gasteiger partial charge in [-0.1, -0.05) is 54.1 Å². The molecule has 1 amide bonds. The summed E-state index contributed by atoms with van der Waals surface area (Å²) in [6.07, 6.45) is 2.24. The topological polar surface area (TPSA) is 62.5 Å². The first-order valence-corrected chi connectivity index (χ1v) is 11.7. The van der Waals surface area contributed by atoms with Gasteiger partial charge in [0.15, 0.2) is 11.6 Å². The fourth-order valence-electron chi connectivity index (χ4n) is 4.25. The number of halogens is 1. The first-order chi connectivity index (χ1) is 16.6. The van der Waals surface area contributed by atoms with Crippen LogP contribution in [-0.2, 0) is 6.42 Å². The highest BCUT2D eigenvalue weighted by Gasteiger charge is 2.27. The highest BCUT2D eigenvalue weighted by atomic mass is 35.5. The third-order valence-electron chi connectivity index (χ3n) is 6.12. The van der Waals surface area contributed by atoms with Crippen LogP contribution in [0.1, 0.15) is 27.4 Å². The van der Waals surface area contributed by atoms with Crippen LogP contribution in [0.4, 0.5) is 5.82 Å². The van der Waals surface area contributed by atoms with Crippen molar-refractivity contribution in [3.05, 3.63) is 101 Å². The average Bonchev–Trinajstić information content (AvgIpc) is 3.42. The van der Waals surface area contributed by atoms with Crippen LogP contribution in [-0.4, -0.2) is 47.0 Å². The normalized spacial score (nSPS) is 13.8. The summed E-state index contributed by atoms with van der Waals surface area (Å²) >= 11 is 6.09. The minimum atomic E-state index is -0.0742. The summed E-state index contributed by atoms with van der Waals surface area (Å²) in [5, 5.41) is 0.716. The van der Waals surface area contributed by atoms with Crippen molar-refractivity contribution in [3.8, 4) is 11.4 Å². The highest BCUT2D eigenvalue weighted by molar-refractivity contribution is 6.30. The van der Waals surface area contributed by atoms with Gasteiger partial charge in [-0.2, -0.15) is 0 Å². The van der Waals surface area contributed by atoms with Crippen molar-refractivity contribution in [1.82, 2.24) is 14.9 Å². The number of piperazine rings is 1. The summed E-state index contributed by atoms with van der Waals surface area (Å²) in [5.41, 5.74) is 4.17. The predicted molar refractivity (Wildman–Crippen MR) is 133 cm³/mol. The van der Waals surface area contributed by atoms with E-state index in [1.165, 1.54) is 6.26 Å². The molecular weight excluding hydrogens is 448 g/mol. The van der Waals surface area contributed by atoms with Crippen LogP contribution in [0.25, 0.3) is 11.4 Å². The summed E-state index contributed by atoms with van der Waals surface area (Å²) < 4.78 is 5.30. The van der Waals surface area contributed by atoms with Crippen LogP contribution in [0.2, 0.25) is 5.02 Å². The number of hydrogen-bond donors (Lipinski definition) is 0. The van der Waals surface area contributed by atoms with E-state index in [1.54, 1.807) is 12.1 Å². The maximum atomic E-state index is 12.7. The molecule has 0 saturated carbocycles. The lowest BCUT2D eigenvalue weighted by Crippen LogP contribution is -2.49. The van der Waals surface area contributed by atoms with E-state index in [2.05, 4.69) is 4.90 Å². The van der Waals surface area contributed by atoms with E-state index in [-0.39, 0.29) is 5.91 Å². The van der Waals surface area contributed by atoms with Gasteiger partial charge in [-0.3, -0.25) is 4.79 Å². The van der Waals surface area contributed by atoms with E-state index in [9.17, 15) is 4.79 Å². The van der Waals surface area contributed by atoms with E-state index >= 15 is 0 Å². The van der Waals surface area contributed by atoms with Crippen molar-refractivity contribution in [2.45, 2.75) is 13.3 Å². The summed E-state index contributed by atoms with van der Waals surface area (Å²) in [6, 6.07) is 21.4. The molecule has 3 heterocycles. The van der Waals surface area contributed by atoms with Crippen LogP contribution in [0.5, 0.6) is 0 Å². The highest BCUT2D eigenvalue weighted by Crippen LogP contribution is 2.29. The molecule has 0 unspecified atom stereocenters. The maximum absolute atomic E-state index is 12.7. The zero-order valence-electron chi connectivity index (χ0n) is 18.9. The van der Waals surface area contributed by atoms with Gasteiger partial charge in [-0.25, -0.2) is 9.97 Å². The Morgan fingerprint density at radius 3 is 2.35 bits per heavy atom. The molecule has 0 N–H and O–H groups in total. The van der Waals surface area contributed by atoms with Gasteiger partial charge in [0.2, 0.25) is 0 Å². The zero-order valence-corrected chi connectivity index (χ0v) is 19.7. The predicted octanol–water partition coefficient (Wildman–Crippen LogP) is 5.25. The van der Waals surface area contributed by atoms with Crippen molar-refractivity contribution in [3.63, 3.8) is 0 Å². The van der Waals surface area contributed by atoms with Gasteiger partial charge in [-0.15, -0.1) is 0 Å². The molecule has 2 aromatic heterocycles. The number of furan rings is 1. The third-order valence-corrected chi connectivity index (χ3v) is 6.37. The van der Waals surface area contributed by atoms with Crippen molar-refractivity contribution in [2.24, 2.45) is 0 Å². The van der Waals surface area contributed by atoms with Crippen molar-refractivity contribution in [1.29, 1.82) is 0 Å². The Bertz CT molecular complexity index is 1270. The van der Waals surface area contributed by atoms with E-state index in [4.69, 9.17) is 26.0 Å². The summed E-state index contributed by atoms with van der Waals surface area (Å²) in [5.74, 6) is 1.93. The number of aromatic nitrogens is 2. The zero-order chi connectivity index (χ0) is 23.5. The van der Waals surface area contributed by atoms with Gasteiger partial charge in [0.25, 0.3) is 5.91 Å². The first kappa shape index (κ1) is 22.2. The molecule has 1 aliphatic heterocycles. The lowest BCUT2D eigenvalue weighted by atomic mass is 10.0. The van der Waals surface area contributed by atoms with E-state index < -0.39 is 0 Å². The number of benzene rings is 2. The van der Waals surface area contributed by atoms with Crippen LogP contribution < -0.4 is 4.90 Å². The average molecular weight is 473 g/mol. The molecule has 0 radical (unpaired) electrons. The second kappa shape index (κ2) is 9.69. The monoisotopic (exact) mass is 472 g/mol. The summed E-state index contributed by atoms with van der Waals surface area (Å²) in [6.45, 7) is 4.61. The number of amides is 1. The first-order valence-electron chi connectivity index (χ1n) is 11.3. The molecule has 1 saturated heterocycles. The van der Waals surface area contributed by atoms with Crippen molar-refractivity contribution in [2.75, 3.05) is 31.1 Å². The SMILES string of the molecule is Cc1nc(-c2ccccc2)nc(N2CCN(C(=O)c3ccco3)CC2)c1Cc1ccc(Cl)cc1. The Morgan fingerprint density at radius 1 is 0.941 bits per heavy atom. The fraction of sp³-hybridized carbons (Fsp3) is 0.222. The van der Waals surface area contributed by atoms with Gasteiger partial charge in [0.05, 0.1) is 6.26 Å². The molecule has 172 valence electrons. The quantitative estimate of drug-likeness (QED) is 0.397. The largest absolute Gasteiger partial charge is 0.459 e. The van der Waals surface area contributed by atoms with Crippen molar-refractivity contribution >= 4 is 23.3 Å². The fourth-order valence-corrected chi connectivity index (χ4v) is 4.38. The molecule has 7 heteroatoms.